The Morgan fingerprint density at radius 3 is 2.29 bits per heavy atom. The van der Waals surface area contributed by atoms with Gasteiger partial charge in [0.1, 0.15) is 11.5 Å². The van der Waals surface area contributed by atoms with Crippen LogP contribution in [-0.2, 0) is 16.8 Å². The van der Waals surface area contributed by atoms with Crippen LogP contribution in [0.3, 0.4) is 0 Å². The number of hydrogen-bond donors (Lipinski definition) is 2. The number of fused-ring (bicyclic) bond motifs is 5. The summed E-state index contributed by atoms with van der Waals surface area (Å²) in [7, 11) is 0. The van der Waals surface area contributed by atoms with E-state index in [4.69, 9.17) is 4.74 Å². The number of para-hydroxylation sites is 2. The van der Waals surface area contributed by atoms with Crippen LogP contribution in [0.15, 0.2) is 103 Å². The van der Waals surface area contributed by atoms with Crippen LogP contribution >= 0.6 is 0 Å². The highest BCUT2D eigenvalue weighted by Crippen LogP contribution is 2.45. The van der Waals surface area contributed by atoms with Gasteiger partial charge in [-0.25, -0.2) is 9.69 Å². The molecule has 0 aliphatic carbocycles. The SMILES string of the molecule is C[C@]12C(=O)N(c3ccc(C(=O)Nc4ccc(Oc5ccccc5)cc4)cc3)C(=O)N1CCc1c2[nH]c2ccccc12. The first-order chi connectivity index (χ1) is 19.9. The van der Waals surface area contributed by atoms with Gasteiger partial charge in [-0.3, -0.25) is 9.59 Å². The van der Waals surface area contributed by atoms with E-state index in [2.05, 4.69) is 10.3 Å². The van der Waals surface area contributed by atoms with E-state index in [1.807, 2.05) is 54.6 Å². The minimum Gasteiger partial charge on any atom is -0.457 e. The lowest BCUT2D eigenvalue weighted by atomic mass is 9.87. The predicted molar refractivity (Wildman–Crippen MR) is 156 cm³/mol. The summed E-state index contributed by atoms with van der Waals surface area (Å²) in [4.78, 5) is 46.6. The summed E-state index contributed by atoms with van der Waals surface area (Å²) in [5, 5.41) is 3.95. The maximum absolute atomic E-state index is 13.9. The monoisotopic (exact) mass is 542 g/mol. The number of carbonyl (C=O) groups is 3. The zero-order valence-electron chi connectivity index (χ0n) is 22.3. The number of hydrogen-bond acceptors (Lipinski definition) is 4. The molecule has 0 unspecified atom stereocenters. The first-order valence-electron chi connectivity index (χ1n) is 13.4. The van der Waals surface area contributed by atoms with Gasteiger partial charge in [-0.05, 0) is 85.6 Å². The van der Waals surface area contributed by atoms with E-state index in [1.165, 1.54) is 4.90 Å². The number of imide groups is 1. The van der Waals surface area contributed by atoms with Crippen LogP contribution in [-0.4, -0.2) is 34.3 Å². The number of H-pyrrole nitrogens is 1. The van der Waals surface area contributed by atoms with Gasteiger partial charge < -0.3 is 19.9 Å². The number of ether oxygens (including phenoxy) is 1. The minimum atomic E-state index is -1.13. The lowest BCUT2D eigenvalue weighted by Gasteiger charge is -2.35. The minimum absolute atomic E-state index is 0.306. The number of carbonyl (C=O) groups excluding carboxylic acids is 3. The molecular formula is C33H26N4O4. The van der Waals surface area contributed by atoms with Crippen molar-refractivity contribution in [2.45, 2.75) is 18.9 Å². The van der Waals surface area contributed by atoms with Crippen LogP contribution in [0.4, 0.5) is 16.2 Å². The summed E-state index contributed by atoms with van der Waals surface area (Å²) in [6, 6.07) is 30.6. The Balaban J connectivity index is 1.08. The second-order valence-corrected chi connectivity index (χ2v) is 10.4. The highest BCUT2D eigenvalue weighted by atomic mass is 16.5. The second-order valence-electron chi connectivity index (χ2n) is 10.4. The highest BCUT2D eigenvalue weighted by molar-refractivity contribution is 6.23. The number of aromatic amines is 1. The largest absolute Gasteiger partial charge is 0.457 e. The van der Waals surface area contributed by atoms with E-state index in [9.17, 15) is 14.4 Å². The Morgan fingerprint density at radius 2 is 1.54 bits per heavy atom. The molecule has 0 saturated carbocycles. The predicted octanol–water partition coefficient (Wildman–Crippen LogP) is 6.45. The van der Waals surface area contributed by atoms with Gasteiger partial charge in [0, 0.05) is 28.7 Å². The van der Waals surface area contributed by atoms with Crippen LogP contribution in [0, 0.1) is 0 Å². The Morgan fingerprint density at radius 1 is 0.854 bits per heavy atom. The van der Waals surface area contributed by atoms with Crippen LogP contribution in [0.5, 0.6) is 11.5 Å². The Bertz CT molecular complexity index is 1810. The molecule has 2 aliphatic rings. The van der Waals surface area contributed by atoms with Crippen LogP contribution in [0.25, 0.3) is 10.9 Å². The van der Waals surface area contributed by atoms with Crippen molar-refractivity contribution in [1.29, 1.82) is 0 Å². The zero-order chi connectivity index (χ0) is 28.1. The molecule has 7 rings (SSSR count). The van der Waals surface area contributed by atoms with Gasteiger partial charge in [0.05, 0.1) is 11.4 Å². The van der Waals surface area contributed by atoms with Crippen molar-refractivity contribution in [2.24, 2.45) is 0 Å². The normalized spacial score (nSPS) is 17.9. The third kappa shape index (κ3) is 3.95. The zero-order valence-corrected chi connectivity index (χ0v) is 22.3. The quantitative estimate of drug-likeness (QED) is 0.250. The van der Waals surface area contributed by atoms with Crippen molar-refractivity contribution in [2.75, 3.05) is 16.8 Å². The first-order valence-corrected chi connectivity index (χ1v) is 13.4. The lowest BCUT2D eigenvalue weighted by molar-refractivity contribution is -0.125. The maximum atomic E-state index is 13.9. The molecule has 4 amide bonds. The van der Waals surface area contributed by atoms with Crippen LogP contribution < -0.4 is 15.0 Å². The number of nitrogens with one attached hydrogen (secondary N) is 2. The number of urea groups is 1. The molecule has 8 nitrogen and oxygen atoms in total. The van der Waals surface area contributed by atoms with Crippen LogP contribution in [0.2, 0.25) is 0 Å². The average molecular weight is 543 g/mol. The van der Waals surface area contributed by atoms with Crippen molar-refractivity contribution in [1.82, 2.24) is 9.88 Å². The van der Waals surface area contributed by atoms with E-state index in [0.717, 1.165) is 27.9 Å². The molecule has 0 bridgehead atoms. The smallest absolute Gasteiger partial charge is 0.332 e. The second kappa shape index (κ2) is 9.38. The summed E-state index contributed by atoms with van der Waals surface area (Å²) >= 11 is 0. The number of aromatic nitrogens is 1. The van der Waals surface area contributed by atoms with Gasteiger partial charge >= 0.3 is 6.03 Å². The molecule has 5 aromatic rings. The molecule has 41 heavy (non-hydrogen) atoms. The number of benzene rings is 4. The van der Waals surface area contributed by atoms with E-state index < -0.39 is 5.54 Å². The third-order valence-electron chi connectivity index (χ3n) is 7.95. The molecule has 0 radical (unpaired) electrons. The number of amides is 4. The molecule has 1 aromatic heterocycles. The molecule has 2 N–H and O–H groups in total. The molecule has 1 fully saturated rings. The summed E-state index contributed by atoms with van der Waals surface area (Å²) in [6.45, 7) is 2.25. The number of rotatable bonds is 5. The van der Waals surface area contributed by atoms with Crippen molar-refractivity contribution in [3.8, 4) is 11.5 Å². The molecule has 2 aliphatic heterocycles. The summed E-state index contributed by atoms with van der Waals surface area (Å²) in [6.07, 6.45) is 0.667. The van der Waals surface area contributed by atoms with E-state index in [-0.39, 0.29) is 17.8 Å². The van der Waals surface area contributed by atoms with Gasteiger partial charge in [0.25, 0.3) is 11.8 Å². The fraction of sp³-hybridized carbons (Fsp3) is 0.121. The van der Waals surface area contributed by atoms with Gasteiger partial charge in [0.2, 0.25) is 0 Å². The summed E-state index contributed by atoms with van der Waals surface area (Å²) in [5.74, 6) is 0.763. The molecule has 3 heterocycles. The molecular weight excluding hydrogens is 516 g/mol. The molecule has 1 atom stereocenters. The van der Waals surface area contributed by atoms with Crippen molar-refractivity contribution in [3.05, 3.63) is 120 Å². The fourth-order valence-electron chi connectivity index (χ4n) is 5.82. The molecule has 4 aromatic carbocycles. The first kappa shape index (κ1) is 24.7. The third-order valence-corrected chi connectivity index (χ3v) is 7.95. The van der Waals surface area contributed by atoms with E-state index >= 15 is 0 Å². The molecule has 0 spiro atoms. The summed E-state index contributed by atoms with van der Waals surface area (Å²) < 4.78 is 5.80. The molecule has 8 heteroatoms. The molecule has 1 saturated heterocycles. The Hall–Kier alpha value is -5.37. The van der Waals surface area contributed by atoms with Gasteiger partial charge in [0.15, 0.2) is 5.54 Å². The Labute approximate surface area is 236 Å². The maximum Gasteiger partial charge on any atom is 0.332 e. The van der Waals surface area contributed by atoms with Gasteiger partial charge in [-0.15, -0.1) is 0 Å². The number of nitrogens with zero attached hydrogens (tertiary/aromatic N) is 2. The van der Waals surface area contributed by atoms with E-state index in [0.29, 0.717) is 35.7 Å². The Kier molecular flexibility index (Phi) is 5.64. The fourth-order valence-corrected chi connectivity index (χ4v) is 5.82. The topological polar surface area (TPSA) is 94.7 Å². The van der Waals surface area contributed by atoms with Crippen molar-refractivity contribution in [3.63, 3.8) is 0 Å². The van der Waals surface area contributed by atoms with E-state index in [1.54, 1.807) is 60.4 Å². The highest BCUT2D eigenvalue weighted by Gasteiger charge is 2.59. The van der Waals surface area contributed by atoms with Gasteiger partial charge in [-0.1, -0.05) is 36.4 Å². The average Bonchev–Trinajstić information content (AvgIpc) is 3.48. The molecule has 202 valence electrons. The summed E-state index contributed by atoms with van der Waals surface area (Å²) in [5.41, 5.74) is 3.11. The lowest BCUT2D eigenvalue weighted by Crippen LogP contribution is -2.49. The van der Waals surface area contributed by atoms with Crippen molar-refractivity contribution < 1.29 is 19.1 Å². The van der Waals surface area contributed by atoms with Crippen LogP contribution in [0.1, 0.15) is 28.5 Å². The number of anilines is 2. The standard InChI is InChI=1S/C33H26N4O4/c1-33-29-27(26-9-5-6-10-28(26)35-29)19-20-36(33)32(40)37(31(33)39)23-15-11-21(12-16-23)30(38)34-22-13-17-25(18-14-22)41-24-7-3-2-4-8-24/h2-18,35H,19-20H2,1H3,(H,34,38)/t33-/m0/s1. The van der Waals surface area contributed by atoms with Crippen molar-refractivity contribution >= 4 is 40.1 Å². The van der Waals surface area contributed by atoms with Gasteiger partial charge in [-0.2, -0.15) is 0 Å².